The summed E-state index contributed by atoms with van der Waals surface area (Å²) in [5.74, 6) is -0.430. The third-order valence-electron chi connectivity index (χ3n) is 7.82. The lowest BCUT2D eigenvalue weighted by atomic mass is 10.1. The summed E-state index contributed by atoms with van der Waals surface area (Å²) in [5.41, 5.74) is 5.70. The van der Waals surface area contributed by atoms with Crippen LogP contribution in [-0.2, 0) is 16.2 Å². The fraction of sp³-hybridized carbons (Fsp3) is 0.0952. The number of rotatable bonds is 13. The molecule has 0 saturated carbocycles. The molecule has 1 aromatic heterocycles. The first-order chi connectivity index (χ1) is 25.3. The third-order valence-corrected chi connectivity index (χ3v) is 9.68. The largest absolute Gasteiger partial charge is 0.489 e. The van der Waals surface area contributed by atoms with Crippen molar-refractivity contribution in [1.82, 2.24) is 10.3 Å². The molecule has 0 saturated heterocycles. The highest BCUT2D eigenvalue weighted by atomic mass is 32.2. The maximum atomic E-state index is 13.7. The van der Waals surface area contributed by atoms with E-state index in [0.29, 0.717) is 34.3 Å². The Balaban J connectivity index is 1.11. The Kier molecular flexibility index (Phi) is 11.9. The van der Waals surface area contributed by atoms with Crippen LogP contribution >= 0.6 is 23.1 Å². The molecule has 6 aromatic rings. The molecule has 10 heteroatoms. The van der Waals surface area contributed by atoms with Crippen LogP contribution in [0.5, 0.6) is 5.75 Å². The Morgan fingerprint density at radius 1 is 0.827 bits per heavy atom. The van der Waals surface area contributed by atoms with Crippen molar-refractivity contribution in [2.45, 2.75) is 30.6 Å². The first-order valence-electron chi connectivity index (χ1n) is 16.6. The highest BCUT2D eigenvalue weighted by Gasteiger charge is 2.18. The predicted octanol–water partition coefficient (Wildman–Crippen LogP) is 9.23. The van der Waals surface area contributed by atoms with Crippen molar-refractivity contribution in [3.05, 3.63) is 167 Å². The molecule has 8 nitrogen and oxygen atoms in total. The van der Waals surface area contributed by atoms with E-state index >= 15 is 0 Å². The zero-order chi connectivity index (χ0) is 36.3. The van der Waals surface area contributed by atoms with Crippen molar-refractivity contribution in [2.75, 3.05) is 10.6 Å². The Labute approximate surface area is 311 Å². The van der Waals surface area contributed by atoms with Gasteiger partial charge < -0.3 is 20.7 Å². The molecule has 0 aliphatic heterocycles. The number of ether oxygens (including phenoxy) is 1. The van der Waals surface area contributed by atoms with E-state index in [4.69, 9.17) is 4.74 Å². The van der Waals surface area contributed by atoms with Gasteiger partial charge in [0, 0.05) is 27.1 Å². The second kappa shape index (κ2) is 17.3. The third kappa shape index (κ3) is 10.1. The summed E-state index contributed by atoms with van der Waals surface area (Å²) in [4.78, 5) is 45.3. The van der Waals surface area contributed by atoms with Crippen LogP contribution in [0.25, 0.3) is 17.3 Å². The summed E-state index contributed by atoms with van der Waals surface area (Å²) in [6, 6.07) is 41.2. The maximum absolute atomic E-state index is 13.7. The van der Waals surface area contributed by atoms with Crippen molar-refractivity contribution in [1.29, 1.82) is 0 Å². The van der Waals surface area contributed by atoms with Crippen molar-refractivity contribution in [3.8, 4) is 17.0 Å². The molecule has 3 N–H and O–H groups in total. The molecule has 0 fully saturated rings. The number of thioether (sulfide) groups is 1. The Bertz CT molecular complexity index is 2170. The zero-order valence-corrected chi connectivity index (χ0v) is 30.2. The summed E-state index contributed by atoms with van der Waals surface area (Å²) in [6.45, 7) is 4.28. The molecule has 5 aromatic carbocycles. The molecule has 6 rings (SSSR count). The van der Waals surface area contributed by atoms with E-state index in [-0.39, 0.29) is 11.6 Å². The van der Waals surface area contributed by atoms with Crippen LogP contribution in [0, 0.1) is 6.92 Å². The summed E-state index contributed by atoms with van der Waals surface area (Å²) >= 11 is 2.73. The van der Waals surface area contributed by atoms with Crippen LogP contribution in [0.2, 0.25) is 0 Å². The normalized spacial score (nSPS) is 11.7. The fourth-order valence-electron chi connectivity index (χ4n) is 5.01. The highest BCUT2D eigenvalue weighted by Crippen LogP contribution is 2.29. The van der Waals surface area contributed by atoms with Crippen molar-refractivity contribution in [3.63, 3.8) is 0 Å². The van der Waals surface area contributed by atoms with E-state index in [2.05, 4.69) is 20.9 Å². The Morgan fingerprint density at radius 3 is 2.27 bits per heavy atom. The average Bonchev–Trinajstić information content (AvgIpc) is 3.63. The Hall–Kier alpha value is -5.97. The van der Waals surface area contributed by atoms with Crippen molar-refractivity contribution >= 4 is 57.7 Å². The predicted molar refractivity (Wildman–Crippen MR) is 210 cm³/mol. The maximum Gasteiger partial charge on any atom is 0.272 e. The van der Waals surface area contributed by atoms with Gasteiger partial charge in [-0.3, -0.25) is 14.4 Å². The lowest BCUT2D eigenvalue weighted by Gasteiger charge is -2.14. The number of aromatic nitrogens is 1. The van der Waals surface area contributed by atoms with Crippen LogP contribution < -0.4 is 20.7 Å². The highest BCUT2D eigenvalue weighted by molar-refractivity contribution is 8.00. The summed E-state index contributed by atoms with van der Waals surface area (Å²) < 4.78 is 5.91. The minimum atomic E-state index is -0.505. The number of aryl methyl sites for hydroxylation is 1. The van der Waals surface area contributed by atoms with Gasteiger partial charge in [0.25, 0.3) is 11.8 Å². The quantitative estimate of drug-likeness (QED) is 0.0810. The number of carbonyl (C=O) groups excluding carboxylic acids is 3. The van der Waals surface area contributed by atoms with E-state index < -0.39 is 17.1 Å². The number of nitrogens with zero attached hydrogens (tertiary/aromatic N) is 1. The van der Waals surface area contributed by atoms with Crippen molar-refractivity contribution < 1.29 is 19.1 Å². The summed E-state index contributed by atoms with van der Waals surface area (Å²) in [5, 5.41) is 10.6. The molecule has 1 heterocycles. The van der Waals surface area contributed by atoms with E-state index in [1.54, 1.807) is 48.5 Å². The van der Waals surface area contributed by atoms with Gasteiger partial charge in [-0.1, -0.05) is 96.6 Å². The molecule has 52 heavy (non-hydrogen) atoms. The molecule has 1 unspecified atom stereocenters. The van der Waals surface area contributed by atoms with Gasteiger partial charge in [-0.15, -0.1) is 23.1 Å². The second-order valence-corrected chi connectivity index (χ2v) is 14.1. The molecule has 0 bridgehead atoms. The molecule has 1 atom stereocenters. The number of hydrogen-bond acceptors (Lipinski definition) is 7. The number of benzene rings is 5. The lowest BCUT2D eigenvalue weighted by Crippen LogP contribution is -2.30. The van der Waals surface area contributed by atoms with Gasteiger partial charge in [-0.25, -0.2) is 4.98 Å². The zero-order valence-electron chi connectivity index (χ0n) is 28.5. The molecule has 0 radical (unpaired) electrons. The van der Waals surface area contributed by atoms with Gasteiger partial charge in [0.2, 0.25) is 5.91 Å². The number of thiazole rings is 1. The van der Waals surface area contributed by atoms with Crippen LogP contribution in [0.1, 0.15) is 34.0 Å². The molecule has 260 valence electrons. The van der Waals surface area contributed by atoms with Gasteiger partial charge in [0.15, 0.2) is 5.13 Å². The van der Waals surface area contributed by atoms with E-state index in [9.17, 15) is 14.4 Å². The van der Waals surface area contributed by atoms with Crippen molar-refractivity contribution in [2.24, 2.45) is 0 Å². The SMILES string of the molecule is Cc1ccc(-c2csc(NC(=O)C(C)Sc3cccc(NC(=O)/C(=C/c4ccc(OCc5ccccc5)cc4)NC(=O)c4ccccc4)c3)n2)cc1. The van der Waals surface area contributed by atoms with E-state index in [0.717, 1.165) is 21.7 Å². The van der Waals surface area contributed by atoms with Gasteiger partial charge in [-0.05, 0) is 73.5 Å². The number of nitrogens with one attached hydrogen (secondary N) is 3. The summed E-state index contributed by atoms with van der Waals surface area (Å²) in [6.07, 6.45) is 1.62. The van der Waals surface area contributed by atoms with Crippen LogP contribution in [0.15, 0.2) is 149 Å². The summed E-state index contributed by atoms with van der Waals surface area (Å²) in [7, 11) is 0. The molecule has 0 spiro atoms. The first-order valence-corrected chi connectivity index (χ1v) is 18.3. The molecule has 3 amide bonds. The van der Waals surface area contributed by atoms with E-state index in [1.807, 2.05) is 110 Å². The van der Waals surface area contributed by atoms with E-state index in [1.165, 1.54) is 28.7 Å². The van der Waals surface area contributed by atoms with Crippen LogP contribution in [-0.4, -0.2) is 28.0 Å². The fourth-order valence-corrected chi connectivity index (χ4v) is 6.66. The molecule has 0 aliphatic carbocycles. The van der Waals surface area contributed by atoms with Crippen LogP contribution in [0.3, 0.4) is 0 Å². The van der Waals surface area contributed by atoms with Gasteiger partial charge in [0.05, 0.1) is 10.9 Å². The number of carbonyl (C=O) groups is 3. The lowest BCUT2D eigenvalue weighted by molar-refractivity contribution is -0.115. The molecular formula is C42H36N4O4S2. The number of anilines is 2. The van der Waals surface area contributed by atoms with Gasteiger partial charge >= 0.3 is 0 Å². The first kappa shape index (κ1) is 35.8. The van der Waals surface area contributed by atoms with Crippen LogP contribution in [0.4, 0.5) is 10.8 Å². The molecular weight excluding hydrogens is 689 g/mol. The molecule has 0 aliphatic rings. The topological polar surface area (TPSA) is 109 Å². The Morgan fingerprint density at radius 2 is 1.54 bits per heavy atom. The second-order valence-electron chi connectivity index (χ2n) is 11.9. The monoisotopic (exact) mass is 724 g/mol. The average molecular weight is 725 g/mol. The van der Waals surface area contributed by atoms with Gasteiger partial charge in [-0.2, -0.15) is 0 Å². The standard InChI is InChI=1S/C42H36N4O4S2/c1-28-16-20-32(21-17-28)38-27-51-42(45-38)46-39(47)29(2)52-36-15-9-14-34(25-36)43-41(49)37(44-40(48)33-12-7-4-8-13-33)24-30-18-22-35(23-19-30)50-26-31-10-5-3-6-11-31/h3-25,27,29H,26H2,1-2H3,(H,43,49)(H,44,48)(H,45,46,47)/b37-24-. The minimum absolute atomic E-state index is 0.0612. The number of hydrogen-bond donors (Lipinski definition) is 3. The minimum Gasteiger partial charge on any atom is -0.489 e. The number of amides is 3. The smallest absolute Gasteiger partial charge is 0.272 e. The van der Waals surface area contributed by atoms with Gasteiger partial charge in [0.1, 0.15) is 18.1 Å².